The molecule has 0 radical (unpaired) electrons. The molecule has 2 rings (SSSR count). The number of hydrogen-bond donors (Lipinski definition) is 1. The summed E-state index contributed by atoms with van der Waals surface area (Å²) >= 11 is 0. The number of anilines is 1. The van der Waals surface area contributed by atoms with Crippen molar-refractivity contribution in [1.82, 2.24) is 9.97 Å². The van der Waals surface area contributed by atoms with Crippen LogP contribution < -0.4 is 4.90 Å². The molecule has 4 heteroatoms. The molecular weight excluding hydrogens is 178 g/mol. The van der Waals surface area contributed by atoms with Crippen LogP contribution in [0.4, 0.5) is 5.95 Å². The van der Waals surface area contributed by atoms with Crippen LogP contribution in [0.2, 0.25) is 0 Å². The standard InChI is InChI=1S/C10H15N3O/c1-8-9(7-14)6-11-10(12-8)13-4-2-3-5-13/h6,14H,2-5,7H2,1H3. The summed E-state index contributed by atoms with van der Waals surface area (Å²) in [6.45, 7) is 4.04. The van der Waals surface area contributed by atoms with E-state index in [2.05, 4.69) is 14.9 Å². The van der Waals surface area contributed by atoms with Gasteiger partial charge in [0.15, 0.2) is 0 Å². The zero-order valence-corrected chi connectivity index (χ0v) is 8.40. The summed E-state index contributed by atoms with van der Waals surface area (Å²) in [5, 5.41) is 8.98. The Hall–Kier alpha value is -1.16. The van der Waals surface area contributed by atoms with E-state index in [1.807, 2.05) is 6.92 Å². The average molecular weight is 193 g/mol. The number of aryl methyl sites for hydroxylation is 1. The molecule has 0 unspecified atom stereocenters. The van der Waals surface area contributed by atoms with Crippen LogP contribution in [0, 0.1) is 6.92 Å². The summed E-state index contributed by atoms with van der Waals surface area (Å²) in [5.41, 5.74) is 1.69. The maximum Gasteiger partial charge on any atom is 0.225 e. The molecule has 1 aromatic rings. The minimum atomic E-state index is 0.0200. The van der Waals surface area contributed by atoms with Crippen molar-refractivity contribution in [3.8, 4) is 0 Å². The van der Waals surface area contributed by atoms with Gasteiger partial charge >= 0.3 is 0 Å². The normalized spacial score (nSPS) is 16.3. The molecule has 76 valence electrons. The Morgan fingerprint density at radius 1 is 1.43 bits per heavy atom. The summed E-state index contributed by atoms with van der Waals surface area (Å²) in [4.78, 5) is 10.8. The van der Waals surface area contributed by atoms with Gasteiger partial charge in [0.05, 0.1) is 6.61 Å². The molecule has 0 spiro atoms. The van der Waals surface area contributed by atoms with Crippen molar-refractivity contribution in [1.29, 1.82) is 0 Å². The Morgan fingerprint density at radius 2 is 2.14 bits per heavy atom. The van der Waals surface area contributed by atoms with Crippen LogP contribution in [0.25, 0.3) is 0 Å². The van der Waals surface area contributed by atoms with Crippen LogP contribution in [0.3, 0.4) is 0 Å². The van der Waals surface area contributed by atoms with E-state index in [1.165, 1.54) is 12.8 Å². The molecular formula is C10H15N3O. The third kappa shape index (κ3) is 1.70. The number of aromatic nitrogens is 2. The van der Waals surface area contributed by atoms with Gasteiger partial charge in [-0.3, -0.25) is 0 Å². The van der Waals surface area contributed by atoms with E-state index in [0.29, 0.717) is 0 Å². The summed E-state index contributed by atoms with van der Waals surface area (Å²) in [6, 6.07) is 0. The van der Waals surface area contributed by atoms with Crippen molar-refractivity contribution < 1.29 is 5.11 Å². The number of aliphatic hydroxyl groups excluding tert-OH is 1. The zero-order valence-electron chi connectivity index (χ0n) is 8.40. The van der Waals surface area contributed by atoms with Gasteiger partial charge in [-0.25, -0.2) is 9.97 Å². The first kappa shape index (κ1) is 9.40. The third-order valence-electron chi connectivity index (χ3n) is 2.63. The molecule has 2 heterocycles. The molecule has 1 aromatic heterocycles. The van der Waals surface area contributed by atoms with Gasteiger partial charge in [-0.2, -0.15) is 0 Å². The second-order valence-corrected chi connectivity index (χ2v) is 3.63. The summed E-state index contributed by atoms with van der Waals surface area (Å²) < 4.78 is 0. The predicted molar refractivity (Wildman–Crippen MR) is 54.1 cm³/mol. The highest BCUT2D eigenvalue weighted by molar-refractivity contribution is 5.33. The number of nitrogens with zero attached hydrogens (tertiary/aromatic N) is 3. The van der Waals surface area contributed by atoms with Crippen LogP contribution in [-0.4, -0.2) is 28.2 Å². The minimum Gasteiger partial charge on any atom is -0.392 e. The Bertz CT molecular complexity index is 321. The van der Waals surface area contributed by atoms with Crippen molar-refractivity contribution in [2.45, 2.75) is 26.4 Å². The number of aliphatic hydroxyl groups is 1. The first-order valence-electron chi connectivity index (χ1n) is 4.99. The third-order valence-corrected chi connectivity index (χ3v) is 2.63. The maximum absolute atomic E-state index is 8.98. The summed E-state index contributed by atoms with van der Waals surface area (Å²) in [7, 11) is 0. The highest BCUT2D eigenvalue weighted by Gasteiger charge is 2.15. The Balaban J connectivity index is 2.23. The Morgan fingerprint density at radius 3 is 2.71 bits per heavy atom. The van der Waals surface area contributed by atoms with E-state index >= 15 is 0 Å². The fraction of sp³-hybridized carbons (Fsp3) is 0.600. The molecule has 1 aliphatic rings. The molecule has 0 aliphatic carbocycles. The Labute approximate surface area is 83.6 Å². The molecule has 0 atom stereocenters. The van der Waals surface area contributed by atoms with E-state index in [4.69, 9.17) is 5.11 Å². The smallest absolute Gasteiger partial charge is 0.225 e. The van der Waals surface area contributed by atoms with Crippen molar-refractivity contribution in [2.75, 3.05) is 18.0 Å². The van der Waals surface area contributed by atoms with Gasteiger partial charge in [0.25, 0.3) is 0 Å². The number of rotatable bonds is 2. The molecule has 1 saturated heterocycles. The molecule has 1 fully saturated rings. The molecule has 0 saturated carbocycles. The van der Waals surface area contributed by atoms with Crippen molar-refractivity contribution in [3.63, 3.8) is 0 Å². The van der Waals surface area contributed by atoms with E-state index in [1.54, 1.807) is 6.20 Å². The maximum atomic E-state index is 8.98. The molecule has 0 amide bonds. The first-order chi connectivity index (χ1) is 6.81. The monoisotopic (exact) mass is 193 g/mol. The largest absolute Gasteiger partial charge is 0.392 e. The fourth-order valence-electron chi connectivity index (χ4n) is 1.70. The molecule has 1 aliphatic heterocycles. The summed E-state index contributed by atoms with van der Waals surface area (Å²) in [5.74, 6) is 0.803. The first-order valence-corrected chi connectivity index (χ1v) is 4.99. The number of hydrogen-bond acceptors (Lipinski definition) is 4. The topological polar surface area (TPSA) is 49.2 Å². The van der Waals surface area contributed by atoms with Gasteiger partial charge in [-0.05, 0) is 19.8 Å². The van der Waals surface area contributed by atoms with Gasteiger partial charge in [-0.1, -0.05) is 0 Å². The van der Waals surface area contributed by atoms with Gasteiger partial charge in [-0.15, -0.1) is 0 Å². The minimum absolute atomic E-state index is 0.0200. The van der Waals surface area contributed by atoms with Gasteiger partial charge in [0, 0.05) is 30.5 Å². The second-order valence-electron chi connectivity index (χ2n) is 3.63. The van der Waals surface area contributed by atoms with Gasteiger partial charge in [0.2, 0.25) is 5.95 Å². The molecule has 0 bridgehead atoms. The SMILES string of the molecule is Cc1nc(N2CCCC2)ncc1CO. The predicted octanol–water partition coefficient (Wildman–Crippen LogP) is 0.878. The van der Waals surface area contributed by atoms with Crippen molar-refractivity contribution in [2.24, 2.45) is 0 Å². The fourth-order valence-corrected chi connectivity index (χ4v) is 1.70. The summed E-state index contributed by atoms with van der Waals surface area (Å²) in [6.07, 6.45) is 4.17. The lowest BCUT2D eigenvalue weighted by atomic mass is 10.2. The lowest BCUT2D eigenvalue weighted by Gasteiger charge is -2.15. The lowest BCUT2D eigenvalue weighted by molar-refractivity contribution is 0.280. The van der Waals surface area contributed by atoms with Crippen LogP contribution in [0.1, 0.15) is 24.1 Å². The van der Waals surface area contributed by atoms with Crippen LogP contribution in [0.5, 0.6) is 0 Å². The molecule has 14 heavy (non-hydrogen) atoms. The zero-order chi connectivity index (χ0) is 9.97. The molecule has 4 nitrogen and oxygen atoms in total. The average Bonchev–Trinajstić information content (AvgIpc) is 2.70. The van der Waals surface area contributed by atoms with Crippen LogP contribution >= 0.6 is 0 Å². The van der Waals surface area contributed by atoms with Crippen molar-refractivity contribution in [3.05, 3.63) is 17.5 Å². The van der Waals surface area contributed by atoms with Crippen LogP contribution in [-0.2, 0) is 6.61 Å². The molecule has 1 N–H and O–H groups in total. The highest BCUT2D eigenvalue weighted by Crippen LogP contribution is 2.16. The van der Waals surface area contributed by atoms with Crippen molar-refractivity contribution >= 4 is 5.95 Å². The van der Waals surface area contributed by atoms with Gasteiger partial charge < -0.3 is 10.0 Å². The lowest BCUT2D eigenvalue weighted by Crippen LogP contribution is -2.21. The Kier molecular flexibility index (Phi) is 2.63. The van der Waals surface area contributed by atoms with E-state index < -0.39 is 0 Å². The van der Waals surface area contributed by atoms with E-state index in [0.717, 1.165) is 30.3 Å². The van der Waals surface area contributed by atoms with E-state index in [-0.39, 0.29) is 6.61 Å². The highest BCUT2D eigenvalue weighted by atomic mass is 16.3. The molecule has 0 aromatic carbocycles. The second kappa shape index (κ2) is 3.92. The van der Waals surface area contributed by atoms with E-state index in [9.17, 15) is 0 Å². The van der Waals surface area contributed by atoms with Gasteiger partial charge in [0.1, 0.15) is 0 Å². The quantitative estimate of drug-likeness (QED) is 0.757. The van der Waals surface area contributed by atoms with Crippen LogP contribution in [0.15, 0.2) is 6.20 Å².